The number of anilines is 3. The zero-order valence-electron chi connectivity index (χ0n) is 15.0. The Hall–Kier alpha value is -3.40. The van der Waals surface area contributed by atoms with Gasteiger partial charge < -0.3 is 15.4 Å². The number of nitrogens with one attached hydrogen (secondary N) is 2. The first-order valence-corrected chi connectivity index (χ1v) is 8.48. The van der Waals surface area contributed by atoms with E-state index in [-0.39, 0.29) is 18.0 Å². The van der Waals surface area contributed by atoms with Crippen LogP contribution < -0.4 is 15.5 Å². The standard InChI is InChI=1S/C19H16F3N3O4/c20-19(21,22)11-29-10-17(27)23-13-7-5-12(6-8-13)18(28)25-9-16(26)24-14-3-1-2-4-15(14)25/h1-8H,9-11H2,(H,23,27)(H,24,26). The first-order valence-electron chi connectivity index (χ1n) is 8.48. The molecule has 0 unspecified atom stereocenters. The second-order valence-corrected chi connectivity index (χ2v) is 6.19. The summed E-state index contributed by atoms with van der Waals surface area (Å²) < 4.78 is 40.3. The Morgan fingerprint density at radius 2 is 1.79 bits per heavy atom. The van der Waals surface area contributed by atoms with Gasteiger partial charge in [-0.15, -0.1) is 0 Å². The third-order valence-corrected chi connectivity index (χ3v) is 3.93. The van der Waals surface area contributed by atoms with E-state index in [1.54, 1.807) is 24.3 Å². The van der Waals surface area contributed by atoms with Crippen molar-refractivity contribution < 1.29 is 32.3 Å². The summed E-state index contributed by atoms with van der Waals surface area (Å²) in [5, 5.41) is 5.07. The van der Waals surface area contributed by atoms with Crippen LogP contribution in [0.4, 0.5) is 30.2 Å². The molecule has 0 aromatic heterocycles. The summed E-state index contributed by atoms with van der Waals surface area (Å²) in [6.07, 6.45) is -4.51. The van der Waals surface area contributed by atoms with E-state index in [2.05, 4.69) is 15.4 Å². The number of hydrogen-bond acceptors (Lipinski definition) is 4. The molecule has 152 valence electrons. The molecule has 1 heterocycles. The summed E-state index contributed by atoms with van der Waals surface area (Å²) in [5.41, 5.74) is 1.66. The molecule has 0 bridgehead atoms. The topological polar surface area (TPSA) is 87.7 Å². The molecule has 3 rings (SSSR count). The maximum Gasteiger partial charge on any atom is 0.411 e. The van der Waals surface area contributed by atoms with E-state index >= 15 is 0 Å². The Morgan fingerprint density at radius 3 is 2.48 bits per heavy atom. The zero-order valence-corrected chi connectivity index (χ0v) is 15.0. The van der Waals surface area contributed by atoms with Gasteiger partial charge in [-0.05, 0) is 36.4 Å². The number of nitrogens with zero attached hydrogens (tertiary/aromatic N) is 1. The minimum Gasteiger partial charge on any atom is -0.362 e. The molecule has 0 atom stereocenters. The predicted molar refractivity (Wildman–Crippen MR) is 98.7 cm³/mol. The number of carbonyl (C=O) groups is 3. The number of hydrogen-bond donors (Lipinski definition) is 2. The summed E-state index contributed by atoms with van der Waals surface area (Å²) in [7, 11) is 0. The van der Waals surface area contributed by atoms with E-state index < -0.39 is 31.2 Å². The molecule has 0 spiro atoms. The van der Waals surface area contributed by atoms with E-state index in [1.165, 1.54) is 29.2 Å². The molecular weight excluding hydrogens is 391 g/mol. The molecule has 0 aliphatic carbocycles. The number of ether oxygens (including phenoxy) is 1. The Bertz CT molecular complexity index is 929. The molecule has 29 heavy (non-hydrogen) atoms. The largest absolute Gasteiger partial charge is 0.411 e. The van der Waals surface area contributed by atoms with Gasteiger partial charge in [-0.25, -0.2) is 0 Å². The normalized spacial score (nSPS) is 13.5. The summed E-state index contributed by atoms with van der Waals surface area (Å²) in [6.45, 7) is -2.40. The summed E-state index contributed by atoms with van der Waals surface area (Å²) in [4.78, 5) is 37.6. The van der Waals surface area contributed by atoms with Gasteiger partial charge >= 0.3 is 6.18 Å². The second kappa shape index (κ2) is 8.31. The highest BCUT2D eigenvalue weighted by atomic mass is 19.4. The van der Waals surface area contributed by atoms with Crippen LogP contribution in [0.15, 0.2) is 48.5 Å². The number of alkyl halides is 3. The third-order valence-electron chi connectivity index (χ3n) is 3.93. The number of carbonyl (C=O) groups excluding carboxylic acids is 3. The van der Waals surface area contributed by atoms with E-state index in [0.717, 1.165) is 0 Å². The Labute approximate surface area is 163 Å². The van der Waals surface area contributed by atoms with Crippen LogP contribution >= 0.6 is 0 Å². The lowest BCUT2D eigenvalue weighted by molar-refractivity contribution is -0.174. The molecule has 0 saturated carbocycles. The van der Waals surface area contributed by atoms with Gasteiger partial charge in [-0.3, -0.25) is 19.3 Å². The fourth-order valence-corrected chi connectivity index (χ4v) is 2.72. The fraction of sp³-hybridized carbons (Fsp3) is 0.211. The lowest BCUT2D eigenvalue weighted by Crippen LogP contribution is -2.42. The van der Waals surface area contributed by atoms with Crippen molar-refractivity contribution >= 4 is 34.8 Å². The average Bonchev–Trinajstić information content (AvgIpc) is 2.66. The van der Waals surface area contributed by atoms with Crippen molar-refractivity contribution in [2.45, 2.75) is 6.18 Å². The van der Waals surface area contributed by atoms with Crippen LogP contribution in [0, 0.1) is 0 Å². The number of rotatable bonds is 5. The maximum absolute atomic E-state index is 12.8. The highest BCUT2D eigenvalue weighted by Crippen LogP contribution is 2.30. The van der Waals surface area contributed by atoms with Gasteiger partial charge in [0.1, 0.15) is 19.8 Å². The van der Waals surface area contributed by atoms with Crippen molar-refractivity contribution in [1.82, 2.24) is 0 Å². The average molecular weight is 407 g/mol. The number of amides is 3. The number of fused-ring (bicyclic) bond motifs is 1. The van der Waals surface area contributed by atoms with Crippen LogP contribution in [0.3, 0.4) is 0 Å². The van der Waals surface area contributed by atoms with Gasteiger partial charge in [-0.2, -0.15) is 13.2 Å². The molecule has 0 saturated heterocycles. The molecule has 3 amide bonds. The van der Waals surface area contributed by atoms with Crippen molar-refractivity contribution in [2.24, 2.45) is 0 Å². The highest BCUT2D eigenvalue weighted by Gasteiger charge is 2.28. The van der Waals surface area contributed by atoms with E-state index in [1.807, 2.05) is 0 Å². The first kappa shape index (κ1) is 20.3. The van der Waals surface area contributed by atoms with Crippen molar-refractivity contribution in [3.05, 3.63) is 54.1 Å². The molecule has 2 N–H and O–H groups in total. The Kier molecular flexibility index (Phi) is 5.83. The predicted octanol–water partition coefficient (Wildman–Crippen LogP) is 2.80. The number of para-hydroxylation sites is 2. The zero-order chi connectivity index (χ0) is 21.0. The molecule has 0 radical (unpaired) electrons. The van der Waals surface area contributed by atoms with Crippen molar-refractivity contribution in [2.75, 3.05) is 35.3 Å². The van der Waals surface area contributed by atoms with Crippen molar-refractivity contribution in [1.29, 1.82) is 0 Å². The molecule has 2 aromatic carbocycles. The van der Waals surface area contributed by atoms with Crippen LogP contribution in [0.25, 0.3) is 0 Å². The fourth-order valence-electron chi connectivity index (χ4n) is 2.72. The smallest absolute Gasteiger partial charge is 0.362 e. The number of benzene rings is 2. The van der Waals surface area contributed by atoms with Crippen LogP contribution in [0.2, 0.25) is 0 Å². The summed E-state index contributed by atoms with van der Waals surface area (Å²) >= 11 is 0. The monoisotopic (exact) mass is 407 g/mol. The molecule has 0 fully saturated rings. The van der Waals surface area contributed by atoms with Gasteiger partial charge in [0.05, 0.1) is 11.4 Å². The quantitative estimate of drug-likeness (QED) is 0.798. The summed E-state index contributed by atoms with van der Waals surface area (Å²) in [5.74, 6) is -1.48. The second-order valence-electron chi connectivity index (χ2n) is 6.19. The highest BCUT2D eigenvalue weighted by molar-refractivity contribution is 6.15. The number of halogens is 3. The molecule has 7 nitrogen and oxygen atoms in total. The summed E-state index contributed by atoms with van der Waals surface area (Å²) in [6, 6.07) is 12.6. The molecule has 1 aliphatic rings. The van der Waals surface area contributed by atoms with E-state index in [0.29, 0.717) is 17.1 Å². The van der Waals surface area contributed by atoms with Gasteiger partial charge in [-0.1, -0.05) is 12.1 Å². The maximum atomic E-state index is 12.8. The minimum absolute atomic E-state index is 0.134. The molecule has 1 aliphatic heterocycles. The van der Waals surface area contributed by atoms with Crippen LogP contribution in [0.5, 0.6) is 0 Å². The van der Waals surface area contributed by atoms with Gasteiger partial charge in [0.15, 0.2) is 0 Å². The first-order chi connectivity index (χ1) is 13.7. The molecule has 10 heteroatoms. The Balaban J connectivity index is 1.64. The van der Waals surface area contributed by atoms with Crippen LogP contribution in [-0.4, -0.2) is 43.7 Å². The molecule has 2 aromatic rings. The van der Waals surface area contributed by atoms with E-state index in [9.17, 15) is 27.6 Å². The van der Waals surface area contributed by atoms with Gasteiger partial charge in [0.2, 0.25) is 11.8 Å². The SMILES string of the molecule is O=C(COCC(F)(F)F)Nc1ccc(C(=O)N2CC(=O)Nc3ccccc32)cc1. The van der Waals surface area contributed by atoms with Gasteiger partial charge in [0.25, 0.3) is 5.91 Å². The van der Waals surface area contributed by atoms with E-state index in [4.69, 9.17) is 0 Å². The molecular formula is C19H16F3N3O4. The Morgan fingerprint density at radius 1 is 1.10 bits per heavy atom. The lowest BCUT2D eigenvalue weighted by Gasteiger charge is -2.29. The van der Waals surface area contributed by atoms with Crippen molar-refractivity contribution in [3.63, 3.8) is 0 Å². The minimum atomic E-state index is -4.51. The van der Waals surface area contributed by atoms with Gasteiger partial charge in [0, 0.05) is 11.3 Å². The lowest BCUT2D eigenvalue weighted by atomic mass is 10.1. The third kappa shape index (κ3) is 5.32. The van der Waals surface area contributed by atoms with Crippen LogP contribution in [-0.2, 0) is 14.3 Å². The van der Waals surface area contributed by atoms with Crippen LogP contribution in [0.1, 0.15) is 10.4 Å². The van der Waals surface area contributed by atoms with Crippen molar-refractivity contribution in [3.8, 4) is 0 Å².